The molecule has 0 amide bonds. The molecule has 0 N–H and O–H groups in total. The van der Waals surface area contributed by atoms with Gasteiger partial charge in [0.1, 0.15) is 0 Å². The van der Waals surface area contributed by atoms with E-state index in [2.05, 4.69) is 77.3 Å². The third-order valence-corrected chi connectivity index (χ3v) is 5.01. The summed E-state index contributed by atoms with van der Waals surface area (Å²) in [6.45, 7) is 3.25. The summed E-state index contributed by atoms with van der Waals surface area (Å²) in [4.78, 5) is 2.39. The second-order valence-corrected chi connectivity index (χ2v) is 6.51. The lowest BCUT2D eigenvalue weighted by molar-refractivity contribution is 0.250. The first-order valence-corrected chi connectivity index (χ1v) is 8.68. The highest BCUT2D eigenvalue weighted by molar-refractivity contribution is 9.09. The van der Waals surface area contributed by atoms with Gasteiger partial charge in [0.25, 0.3) is 0 Å². The van der Waals surface area contributed by atoms with Crippen molar-refractivity contribution in [2.75, 3.05) is 18.9 Å². The van der Waals surface area contributed by atoms with Crippen molar-refractivity contribution in [1.82, 2.24) is 4.90 Å². The lowest BCUT2D eigenvalue weighted by Gasteiger charge is -2.29. The van der Waals surface area contributed by atoms with E-state index in [1.165, 1.54) is 11.1 Å². The van der Waals surface area contributed by atoms with Gasteiger partial charge in [-0.05, 0) is 37.2 Å². The van der Waals surface area contributed by atoms with Crippen molar-refractivity contribution in [3.05, 3.63) is 70.7 Å². The Bertz CT molecular complexity index is 541. The molecule has 2 atom stereocenters. The summed E-state index contributed by atoms with van der Waals surface area (Å²) in [5.41, 5.74) is 2.67. The van der Waals surface area contributed by atoms with Gasteiger partial charge in [0.2, 0.25) is 0 Å². The van der Waals surface area contributed by atoms with E-state index >= 15 is 0 Å². The molecule has 21 heavy (non-hydrogen) atoms. The van der Waals surface area contributed by atoms with Crippen LogP contribution in [-0.2, 0) is 0 Å². The minimum Gasteiger partial charge on any atom is -0.299 e. The van der Waals surface area contributed by atoms with Crippen LogP contribution in [0.25, 0.3) is 0 Å². The van der Waals surface area contributed by atoms with Crippen LogP contribution >= 0.6 is 27.5 Å². The second-order valence-electron chi connectivity index (χ2n) is 5.43. The minimum atomic E-state index is 0.368. The Labute approximate surface area is 141 Å². The van der Waals surface area contributed by atoms with Gasteiger partial charge in [-0.1, -0.05) is 70.0 Å². The Hall–Kier alpha value is -0.830. The zero-order valence-corrected chi connectivity index (χ0v) is 14.8. The molecule has 0 aromatic heterocycles. The fraction of sp³-hybridized carbons (Fsp3) is 0.333. The van der Waals surface area contributed by atoms with Gasteiger partial charge in [-0.15, -0.1) is 0 Å². The summed E-state index contributed by atoms with van der Waals surface area (Å²) in [6, 6.07) is 19.2. The average Bonchev–Trinajstić information content (AvgIpc) is 2.53. The molecule has 1 nitrogen and oxygen atoms in total. The molecular formula is C18H21BrClN. The van der Waals surface area contributed by atoms with E-state index in [1.807, 2.05) is 12.1 Å². The number of hydrogen-bond acceptors (Lipinski definition) is 1. The van der Waals surface area contributed by atoms with Crippen molar-refractivity contribution < 1.29 is 0 Å². The van der Waals surface area contributed by atoms with Crippen LogP contribution in [0, 0.1) is 0 Å². The fourth-order valence-electron chi connectivity index (χ4n) is 2.47. The topological polar surface area (TPSA) is 3.24 Å². The summed E-state index contributed by atoms with van der Waals surface area (Å²) in [6.07, 6.45) is 0. The van der Waals surface area contributed by atoms with Crippen molar-refractivity contribution >= 4 is 27.5 Å². The van der Waals surface area contributed by atoms with Gasteiger partial charge in [0, 0.05) is 28.9 Å². The predicted molar refractivity (Wildman–Crippen MR) is 95.5 cm³/mol. The summed E-state index contributed by atoms with van der Waals surface area (Å²) >= 11 is 9.61. The predicted octanol–water partition coefficient (Wildman–Crippen LogP) is 5.51. The SMILES string of the molecule is CC(c1ccc(Cl)cc1)N(C)CC(CBr)c1ccccc1. The maximum absolute atomic E-state index is 5.96. The molecule has 0 heterocycles. The molecule has 0 fully saturated rings. The number of alkyl halides is 1. The van der Waals surface area contributed by atoms with Gasteiger partial charge >= 0.3 is 0 Å². The van der Waals surface area contributed by atoms with Crippen LogP contribution in [0.15, 0.2) is 54.6 Å². The normalized spacial score (nSPS) is 14.1. The molecule has 2 rings (SSSR count). The van der Waals surface area contributed by atoms with Crippen LogP contribution < -0.4 is 0 Å². The van der Waals surface area contributed by atoms with Crippen LogP contribution in [-0.4, -0.2) is 23.8 Å². The average molecular weight is 367 g/mol. The highest BCUT2D eigenvalue weighted by Gasteiger charge is 2.17. The highest BCUT2D eigenvalue weighted by atomic mass is 79.9. The van der Waals surface area contributed by atoms with Gasteiger partial charge in [0.05, 0.1) is 0 Å². The van der Waals surface area contributed by atoms with E-state index in [-0.39, 0.29) is 0 Å². The van der Waals surface area contributed by atoms with Crippen molar-refractivity contribution in [2.24, 2.45) is 0 Å². The maximum atomic E-state index is 5.96. The molecule has 0 aliphatic rings. The first-order valence-electron chi connectivity index (χ1n) is 7.18. The van der Waals surface area contributed by atoms with Crippen LogP contribution in [0.2, 0.25) is 5.02 Å². The van der Waals surface area contributed by atoms with Crippen LogP contribution in [0.3, 0.4) is 0 Å². The minimum absolute atomic E-state index is 0.368. The largest absolute Gasteiger partial charge is 0.299 e. The zero-order valence-electron chi connectivity index (χ0n) is 12.5. The van der Waals surface area contributed by atoms with Crippen molar-refractivity contribution in [2.45, 2.75) is 18.9 Å². The zero-order chi connectivity index (χ0) is 15.2. The fourth-order valence-corrected chi connectivity index (χ4v) is 3.17. The first-order chi connectivity index (χ1) is 10.1. The summed E-state index contributed by atoms with van der Waals surface area (Å²) in [5, 5.41) is 1.76. The Morgan fingerprint density at radius 3 is 2.19 bits per heavy atom. The lowest BCUT2D eigenvalue weighted by atomic mass is 9.99. The lowest BCUT2D eigenvalue weighted by Crippen LogP contribution is -2.28. The number of nitrogens with zero attached hydrogens (tertiary/aromatic N) is 1. The van der Waals surface area contributed by atoms with Gasteiger partial charge in [-0.25, -0.2) is 0 Å². The molecule has 0 saturated carbocycles. The molecule has 0 spiro atoms. The molecular weight excluding hydrogens is 346 g/mol. The Kier molecular flexibility index (Phi) is 6.28. The van der Waals surface area contributed by atoms with Crippen molar-refractivity contribution in [3.8, 4) is 0 Å². The third kappa shape index (κ3) is 4.57. The van der Waals surface area contributed by atoms with E-state index in [1.54, 1.807) is 0 Å². The van der Waals surface area contributed by atoms with E-state index < -0.39 is 0 Å². The van der Waals surface area contributed by atoms with E-state index in [9.17, 15) is 0 Å². The Morgan fingerprint density at radius 1 is 1.00 bits per heavy atom. The van der Waals surface area contributed by atoms with Gasteiger partial charge in [-0.3, -0.25) is 4.90 Å². The van der Waals surface area contributed by atoms with E-state index in [0.29, 0.717) is 12.0 Å². The molecule has 112 valence electrons. The Morgan fingerprint density at radius 2 is 1.62 bits per heavy atom. The summed E-state index contributed by atoms with van der Waals surface area (Å²) in [7, 11) is 2.18. The molecule has 2 aromatic carbocycles. The molecule has 3 heteroatoms. The maximum Gasteiger partial charge on any atom is 0.0406 e. The number of hydrogen-bond donors (Lipinski definition) is 0. The van der Waals surface area contributed by atoms with Crippen molar-refractivity contribution in [3.63, 3.8) is 0 Å². The van der Waals surface area contributed by atoms with Gasteiger partial charge < -0.3 is 0 Å². The molecule has 0 saturated heterocycles. The molecule has 0 aliphatic carbocycles. The molecule has 0 radical (unpaired) electrons. The highest BCUT2D eigenvalue weighted by Crippen LogP contribution is 2.25. The monoisotopic (exact) mass is 365 g/mol. The number of rotatable bonds is 6. The number of likely N-dealkylation sites (N-methyl/N-ethyl adjacent to an activating group) is 1. The second kappa shape index (κ2) is 7.98. The smallest absolute Gasteiger partial charge is 0.0406 e. The van der Waals surface area contributed by atoms with E-state index in [0.717, 1.165) is 16.9 Å². The van der Waals surface area contributed by atoms with Crippen LogP contribution in [0.5, 0.6) is 0 Å². The molecule has 0 aliphatic heterocycles. The summed E-state index contributed by atoms with van der Waals surface area (Å²) < 4.78 is 0. The molecule has 0 bridgehead atoms. The van der Waals surface area contributed by atoms with Gasteiger partial charge in [0.15, 0.2) is 0 Å². The number of halogens is 2. The quantitative estimate of drug-likeness (QED) is 0.609. The van der Waals surface area contributed by atoms with E-state index in [4.69, 9.17) is 11.6 Å². The Balaban J connectivity index is 2.05. The standard InChI is InChI=1S/C18H21BrClN/c1-14(15-8-10-18(20)11-9-15)21(2)13-17(12-19)16-6-4-3-5-7-16/h3-11,14,17H,12-13H2,1-2H3. The van der Waals surface area contributed by atoms with Crippen molar-refractivity contribution in [1.29, 1.82) is 0 Å². The van der Waals surface area contributed by atoms with Crippen LogP contribution in [0.1, 0.15) is 30.0 Å². The van der Waals surface area contributed by atoms with Crippen LogP contribution in [0.4, 0.5) is 0 Å². The molecule has 2 unspecified atom stereocenters. The number of benzene rings is 2. The summed E-state index contributed by atoms with van der Waals surface area (Å²) in [5.74, 6) is 0.492. The molecule has 2 aromatic rings. The first kappa shape index (κ1) is 16.5. The van der Waals surface area contributed by atoms with Gasteiger partial charge in [-0.2, -0.15) is 0 Å². The third-order valence-electron chi connectivity index (χ3n) is 3.98.